The third kappa shape index (κ3) is 2.90. The fraction of sp³-hybridized carbons (Fsp3) is 0.588. The van der Waals surface area contributed by atoms with Crippen LogP contribution in [0.2, 0.25) is 0 Å². The van der Waals surface area contributed by atoms with Gasteiger partial charge in [0.25, 0.3) is 5.56 Å². The van der Waals surface area contributed by atoms with Crippen LogP contribution >= 0.6 is 23.1 Å². The summed E-state index contributed by atoms with van der Waals surface area (Å²) in [7, 11) is 0. The molecule has 132 valence electrons. The van der Waals surface area contributed by atoms with E-state index in [0.717, 1.165) is 47.2 Å². The first-order chi connectivity index (χ1) is 12.3. The van der Waals surface area contributed by atoms with Crippen molar-refractivity contribution in [3.05, 3.63) is 38.2 Å². The minimum Gasteiger partial charge on any atom is -0.377 e. The lowest BCUT2D eigenvalue weighted by Gasteiger charge is -2.22. The van der Waals surface area contributed by atoms with Crippen LogP contribution < -0.4 is 10.9 Å². The van der Waals surface area contributed by atoms with Crippen molar-refractivity contribution in [3.8, 4) is 0 Å². The lowest BCUT2D eigenvalue weighted by molar-refractivity contribution is 0.182. The number of hydrogen-bond donors (Lipinski definition) is 1. The number of aryl methyl sites for hydroxylation is 3. The second-order valence-corrected chi connectivity index (χ2v) is 8.99. The van der Waals surface area contributed by atoms with E-state index in [0.29, 0.717) is 13.2 Å². The summed E-state index contributed by atoms with van der Waals surface area (Å²) in [5, 5.41) is 9.15. The third-order valence-electron chi connectivity index (χ3n) is 5.13. The molecule has 0 saturated carbocycles. The summed E-state index contributed by atoms with van der Waals surface area (Å²) < 4.78 is 7.32. The number of ether oxygens (including phenoxy) is 1. The Hall–Kier alpha value is -1.38. The summed E-state index contributed by atoms with van der Waals surface area (Å²) in [6.07, 6.45) is 4.38. The van der Waals surface area contributed by atoms with Gasteiger partial charge in [0, 0.05) is 23.1 Å². The molecule has 2 aromatic heterocycles. The van der Waals surface area contributed by atoms with Crippen LogP contribution in [-0.4, -0.2) is 39.8 Å². The van der Waals surface area contributed by atoms with Crippen LogP contribution in [0.1, 0.15) is 34.3 Å². The van der Waals surface area contributed by atoms with Crippen molar-refractivity contribution in [2.24, 2.45) is 0 Å². The number of aromatic nitrogens is 3. The molecule has 4 heterocycles. The second-order valence-electron chi connectivity index (χ2n) is 6.80. The second kappa shape index (κ2) is 6.41. The van der Waals surface area contributed by atoms with E-state index in [1.165, 1.54) is 17.0 Å². The molecule has 0 aromatic carbocycles. The van der Waals surface area contributed by atoms with E-state index < -0.39 is 0 Å². The maximum absolute atomic E-state index is 12.6. The van der Waals surface area contributed by atoms with Crippen LogP contribution in [0, 0.1) is 0 Å². The lowest BCUT2D eigenvalue weighted by Crippen LogP contribution is -2.38. The Morgan fingerprint density at radius 3 is 3.12 bits per heavy atom. The highest BCUT2D eigenvalue weighted by Gasteiger charge is 2.33. The number of thiazole rings is 1. The monoisotopic (exact) mass is 376 g/mol. The van der Waals surface area contributed by atoms with Gasteiger partial charge in [-0.05, 0) is 30.6 Å². The van der Waals surface area contributed by atoms with E-state index in [4.69, 9.17) is 14.8 Å². The Morgan fingerprint density at radius 1 is 1.24 bits per heavy atom. The van der Waals surface area contributed by atoms with E-state index in [-0.39, 0.29) is 17.6 Å². The van der Waals surface area contributed by atoms with Gasteiger partial charge in [-0.25, -0.2) is 9.67 Å². The van der Waals surface area contributed by atoms with E-state index in [2.05, 4.69) is 5.32 Å². The zero-order chi connectivity index (χ0) is 16.8. The minimum absolute atomic E-state index is 0.0230. The Kier molecular flexibility index (Phi) is 4.06. The Balaban J connectivity index is 1.41. The zero-order valence-corrected chi connectivity index (χ0v) is 15.5. The summed E-state index contributed by atoms with van der Waals surface area (Å²) in [6, 6.07) is 1.72. The average molecular weight is 377 g/mol. The highest BCUT2D eigenvalue weighted by molar-refractivity contribution is 7.98. The number of thioether (sulfide) groups is 1. The van der Waals surface area contributed by atoms with Gasteiger partial charge in [0.1, 0.15) is 6.04 Å². The third-order valence-corrected chi connectivity index (χ3v) is 7.23. The van der Waals surface area contributed by atoms with Crippen molar-refractivity contribution < 1.29 is 4.74 Å². The van der Waals surface area contributed by atoms with Gasteiger partial charge >= 0.3 is 0 Å². The van der Waals surface area contributed by atoms with Crippen molar-refractivity contribution in [2.75, 3.05) is 24.3 Å². The Morgan fingerprint density at radius 2 is 2.20 bits per heavy atom. The normalized spacial score (nSPS) is 25.0. The van der Waals surface area contributed by atoms with Crippen LogP contribution in [0.5, 0.6) is 0 Å². The van der Waals surface area contributed by atoms with Gasteiger partial charge < -0.3 is 10.1 Å². The number of nitrogens with zero attached hydrogens (tertiary/aromatic N) is 3. The SMILES string of the molecule is O=c1cc2c(nn1C1COCC1Nc1nc3c(s1)CCC3)CCSC2. The first kappa shape index (κ1) is 15.8. The van der Waals surface area contributed by atoms with Crippen LogP contribution in [0.25, 0.3) is 0 Å². The molecule has 1 N–H and O–H groups in total. The lowest BCUT2D eigenvalue weighted by atomic mass is 10.1. The van der Waals surface area contributed by atoms with Gasteiger partial charge in [-0.15, -0.1) is 11.3 Å². The molecule has 6 nitrogen and oxygen atoms in total. The van der Waals surface area contributed by atoms with Gasteiger partial charge in [-0.2, -0.15) is 16.9 Å². The summed E-state index contributed by atoms with van der Waals surface area (Å²) >= 11 is 3.61. The molecule has 1 aliphatic carbocycles. The van der Waals surface area contributed by atoms with Gasteiger partial charge in [0.15, 0.2) is 5.13 Å². The molecule has 2 aromatic rings. The standard InChI is InChI=1S/C17H20N4O2S2/c22-16-6-10-9-24-5-4-11(10)20-21(16)14-8-23-7-13(14)19-17-18-12-2-1-3-15(12)25-17/h6,13-14H,1-5,7-9H2,(H,18,19). The quantitative estimate of drug-likeness (QED) is 0.884. The molecule has 3 aliphatic rings. The molecule has 0 amide bonds. The molecule has 25 heavy (non-hydrogen) atoms. The van der Waals surface area contributed by atoms with Crippen molar-refractivity contribution in [3.63, 3.8) is 0 Å². The van der Waals surface area contributed by atoms with Crippen molar-refractivity contribution in [2.45, 2.75) is 43.5 Å². The molecule has 2 aliphatic heterocycles. The fourth-order valence-corrected chi connectivity index (χ4v) is 5.86. The first-order valence-corrected chi connectivity index (χ1v) is 10.8. The molecule has 2 atom stereocenters. The number of fused-ring (bicyclic) bond motifs is 2. The average Bonchev–Trinajstić information content (AvgIpc) is 3.31. The van der Waals surface area contributed by atoms with E-state index in [1.807, 2.05) is 11.8 Å². The molecular weight excluding hydrogens is 356 g/mol. The maximum Gasteiger partial charge on any atom is 0.267 e. The summed E-state index contributed by atoms with van der Waals surface area (Å²) in [4.78, 5) is 18.7. The van der Waals surface area contributed by atoms with E-state index in [9.17, 15) is 4.79 Å². The number of rotatable bonds is 3. The molecule has 1 fully saturated rings. The van der Waals surface area contributed by atoms with Gasteiger partial charge in [0.2, 0.25) is 0 Å². The number of anilines is 1. The predicted molar refractivity (Wildman–Crippen MR) is 99.8 cm³/mol. The largest absolute Gasteiger partial charge is 0.377 e. The fourth-order valence-electron chi connectivity index (χ4n) is 3.80. The number of hydrogen-bond acceptors (Lipinski definition) is 7. The van der Waals surface area contributed by atoms with Crippen molar-refractivity contribution in [1.82, 2.24) is 14.8 Å². The first-order valence-electron chi connectivity index (χ1n) is 8.80. The highest BCUT2D eigenvalue weighted by Crippen LogP contribution is 2.32. The van der Waals surface area contributed by atoms with E-state index >= 15 is 0 Å². The maximum atomic E-state index is 12.6. The minimum atomic E-state index is -0.0777. The molecule has 8 heteroatoms. The number of nitrogens with one attached hydrogen (secondary N) is 1. The summed E-state index contributed by atoms with van der Waals surface area (Å²) in [5.41, 5.74) is 3.38. The molecule has 0 spiro atoms. The summed E-state index contributed by atoms with van der Waals surface area (Å²) in [5.74, 6) is 1.97. The van der Waals surface area contributed by atoms with Gasteiger partial charge in [-0.3, -0.25) is 4.79 Å². The van der Waals surface area contributed by atoms with Gasteiger partial charge in [-0.1, -0.05) is 0 Å². The van der Waals surface area contributed by atoms with E-state index in [1.54, 1.807) is 22.1 Å². The van der Waals surface area contributed by atoms with Crippen LogP contribution in [0.4, 0.5) is 5.13 Å². The van der Waals surface area contributed by atoms with Gasteiger partial charge in [0.05, 0.1) is 30.6 Å². The Labute approximate surface area is 154 Å². The van der Waals surface area contributed by atoms with Crippen LogP contribution in [-0.2, 0) is 29.8 Å². The summed E-state index contributed by atoms with van der Waals surface area (Å²) in [6.45, 7) is 1.10. The Bertz CT molecular complexity index is 841. The highest BCUT2D eigenvalue weighted by atomic mass is 32.2. The molecule has 1 saturated heterocycles. The smallest absolute Gasteiger partial charge is 0.267 e. The van der Waals surface area contributed by atoms with Crippen LogP contribution in [0.15, 0.2) is 10.9 Å². The van der Waals surface area contributed by atoms with Crippen molar-refractivity contribution in [1.29, 1.82) is 0 Å². The zero-order valence-electron chi connectivity index (χ0n) is 13.9. The molecule has 5 rings (SSSR count). The molecule has 0 radical (unpaired) electrons. The molecule has 0 bridgehead atoms. The predicted octanol–water partition coefficient (Wildman–Crippen LogP) is 2.03. The molecular formula is C17H20N4O2S2. The van der Waals surface area contributed by atoms with Crippen LogP contribution in [0.3, 0.4) is 0 Å². The molecule has 2 unspecified atom stereocenters. The topological polar surface area (TPSA) is 69.0 Å². The van der Waals surface area contributed by atoms with Crippen molar-refractivity contribution >= 4 is 28.2 Å².